The molecule has 7 fully saturated rings. The molecule has 20 heteroatoms. The van der Waals surface area contributed by atoms with Gasteiger partial charge in [-0.05, 0) is 160 Å². The standard InChI is InChI=1S/C25H30N6O2.C14H19N3O.C11H13N3O2.C10H10FNO/c32-24(27-19-5-6-19)18-3-7-20(8-4-18)30-12-10-29(11-13-30)16-17-14-21-23(26-15-17)31-9-1-2-22(31)25(33)28-21;18-14(16-12-3-4-12)11-1-5-13(6-2-11)17-9-7-15-8-10-17;15-6-7-4-8-10(12-5-7)14-3-1-2-9(14)11(16)13-8;11-8-3-1-7(2-4-8)10(13)12-9-5-6-9/h3-4,7-8,14-15,19,22H,1-2,5-6,9-13,16H2,(H,27,32)(H,28,33);1-2,5-6,12,15H,3-4,7-10H2,(H,16,18);4-5,9,15H,1-3,6H2,(H,13,16);1-4,9H,5-6H2,(H,12,13)/t22-;;9-;/m0.0./s1. The van der Waals surface area contributed by atoms with Gasteiger partial charge >= 0.3 is 0 Å². The fraction of sp³-hybridized carbons (Fsp3) is 0.450. The molecule has 19 nitrogen and oxygen atoms in total. The number of rotatable bonds is 11. The Morgan fingerprint density at radius 2 is 0.950 bits per heavy atom. The van der Waals surface area contributed by atoms with Gasteiger partial charge in [0, 0.05) is 131 Å². The smallest absolute Gasteiger partial charge is 0.251 e. The Kier molecular flexibility index (Phi) is 16.8. The molecule has 2 aromatic heterocycles. The molecule has 14 rings (SSSR count). The van der Waals surface area contributed by atoms with E-state index in [4.69, 9.17) is 10.1 Å². The normalized spacial score (nSPS) is 20.8. The third kappa shape index (κ3) is 13.7. The lowest BCUT2D eigenvalue weighted by Gasteiger charge is -2.36. The summed E-state index contributed by atoms with van der Waals surface area (Å²) in [5.41, 5.74) is 7.80. The molecule has 0 unspecified atom stereocenters. The van der Waals surface area contributed by atoms with Gasteiger partial charge in [0.2, 0.25) is 11.8 Å². The number of hydrogen-bond donors (Lipinski definition) is 7. The van der Waals surface area contributed by atoms with Crippen molar-refractivity contribution in [3.8, 4) is 0 Å². The van der Waals surface area contributed by atoms with E-state index in [2.05, 4.69) is 79.6 Å². The lowest BCUT2D eigenvalue weighted by atomic mass is 10.1. The molecule has 5 aromatic rings. The van der Waals surface area contributed by atoms with Gasteiger partial charge in [0.1, 0.15) is 17.9 Å². The van der Waals surface area contributed by atoms with Gasteiger partial charge in [0.15, 0.2) is 11.6 Å². The van der Waals surface area contributed by atoms with Crippen molar-refractivity contribution in [2.45, 2.75) is 108 Å². The van der Waals surface area contributed by atoms with Gasteiger partial charge in [0.25, 0.3) is 17.7 Å². The van der Waals surface area contributed by atoms with Crippen LogP contribution < -0.4 is 51.5 Å². The van der Waals surface area contributed by atoms with E-state index in [1.165, 1.54) is 30.0 Å². The average Bonchev–Trinajstić information content (AvgIpc) is 4.52. The van der Waals surface area contributed by atoms with Crippen molar-refractivity contribution in [1.82, 2.24) is 36.1 Å². The van der Waals surface area contributed by atoms with Crippen LogP contribution in [-0.2, 0) is 22.7 Å². The maximum atomic E-state index is 12.5. The number of nitrogens with zero attached hydrogens (tertiary/aromatic N) is 7. The van der Waals surface area contributed by atoms with Gasteiger partial charge in [-0.2, -0.15) is 0 Å². The minimum atomic E-state index is -0.317. The maximum Gasteiger partial charge on any atom is 0.251 e. The lowest BCUT2D eigenvalue weighted by molar-refractivity contribution is -0.118. The van der Waals surface area contributed by atoms with Crippen molar-refractivity contribution in [3.63, 3.8) is 0 Å². The number of nitrogens with one attached hydrogen (secondary N) is 6. The van der Waals surface area contributed by atoms with Crippen LogP contribution in [-0.4, -0.2) is 145 Å². The van der Waals surface area contributed by atoms with Gasteiger partial charge in [-0.25, -0.2) is 14.4 Å². The first kappa shape index (κ1) is 54.3. The number of piperazine rings is 2. The van der Waals surface area contributed by atoms with Crippen molar-refractivity contribution >= 4 is 63.9 Å². The molecule has 4 saturated heterocycles. The third-order valence-corrected chi connectivity index (χ3v) is 15.9. The zero-order valence-corrected chi connectivity index (χ0v) is 45.2. The van der Waals surface area contributed by atoms with Crippen molar-refractivity contribution in [3.05, 3.63) is 131 Å². The van der Waals surface area contributed by atoms with Crippen molar-refractivity contribution < 1.29 is 33.5 Å². The van der Waals surface area contributed by atoms with Crippen LogP contribution in [0.25, 0.3) is 0 Å². The number of aliphatic hydroxyl groups excluding tert-OH is 1. The molecule has 8 heterocycles. The highest BCUT2D eigenvalue weighted by molar-refractivity contribution is 6.04. The van der Waals surface area contributed by atoms with E-state index in [0.717, 1.165) is 187 Å². The van der Waals surface area contributed by atoms with Crippen LogP contribution >= 0.6 is 0 Å². The quantitative estimate of drug-likeness (QED) is 0.0880. The van der Waals surface area contributed by atoms with Crippen LogP contribution in [0.15, 0.2) is 97.3 Å². The average molecular weight is 1090 g/mol. The molecule has 420 valence electrons. The number of aromatic nitrogens is 2. The first-order chi connectivity index (χ1) is 39.0. The summed E-state index contributed by atoms with van der Waals surface area (Å²) in [5, 5.41) is 27.2. The number of carbonyl (C=O) groups excluding carboxylic acids is 5. The summed E-state index contributed by atoms with van der Waals surface area (Å²) < 4.78 is 12.5. The Morgan fingerprint density at radius 1 is 0.537 bits per heavy atom. The van der Waals surface area contributed by atoms with Crippen LogP contribution in [0.4, 0.5) is 38.8 Å². The van der Waals surface area contributed by atoms with Crippen molar-refractivity contribution in [1.29, 1.82) is 0 Å². The van der Waals surface area contributed by atoms with Crippen LogP contribution in [0.1, 0.15) is 106 Å². The number of hydrogen-bond acceptors (Lipinski definition) is 14. The predicted octanol–water partition coefficient (Wildman–Crippen LogP) is 5.42. The number of benzene rings is 3. The zero-order valence-electron chi connectivity index (χ0n) is 45.2. The number of fused-ring (bicyclic) bond motifs is 6. The van der Waals surface area contributed by atoms with Gasteiger partial charge in [-0.1, -0.05) is 0 Å². The lowest BCUT2D eigenvalue weighted by Crippen LogP contribution is -2.46. The summed E-state index contributed by atoms with van der Waals surface area (Å²) >= 11 is 0. The molecule has 6 aliphatic heterocycles. The van der Waals surface area contributed by atoms with Gasteiger partial charge < -0.3 is 56.6 Å². The Hall–Kier alpha value is -7.68. The molecule has 5 amide bonds. The summed E-state index contributed by atoms with van der Waals surface area (Å²) in [7, 11) is 0. The van der Waals surface area contributed by atoms with Crippen molar-refractivity contribution in [2.24, 2.45) is 0 Å². The largest absolute Gasteiger partial charge is 0.392 e. The summed E-state index contributed by atoms with van der Waals surface area (Å²) in [5.74, 6) is 1.56. The summed E-state index contributed by atoms with van der Waals surface area (Å²) in [6.45, 7) is 10.5. The van der Waals surface area contributed by atoms with E-state index < -0.39 is 0 Å². The molecule has 0 radical (unpaired) electrons. The van der Waals surface area contributed by atoms with E-state index in [1.54, 1.807) is 12.3 Å². The molecule has 7 N–H and O–H groups in total. The maximum absolute atomic E-state index is 12.5. The molecule has 2 atom stereocenters. The van der Waals surface area contributed by atoms with Crippen LogP contribution in [0.5, 0.6) is 0 Å². The number of aliphatic hydroxyl groups is 1. The molecule has 0 bridgehead atoms. The van der Waals surface area contributed by atoms with E-state index in [1.807, 2.05) is 42.6 Å². The van der Waals surface area contributed by atoms with Crippen LogP contribution in [0, 0.1) is 5.82 Å². The topological polar surface area (TPSA) is 220 Å². The zero-order chi connectivity index (χ0) is 55.1. The minimum Gasteiger partial charge on any atom is -0.392 e. The second kappa shape index (κ2) is 24.8. The number of carbonyl (C=O) groups is 5. The van der Waals surface area contributed by atoms with Crippen LogP contribution in [0.3, 0.4) is 0 Å². The summed E-state index contributed by atoms with van der Waals surface area (Å²) in [4.78, 5) is 80.0. The van der Waals surface area contributed by atoms with E-state index in [-0.39, 0.29) is 54.0 Å². The minimum absolute atomic E-state index is 0.0315. The highest BCUT2D eigenvalue weighted by Gasteiger charge is 2.39. The van der Waals surface area contributed by atoms with Gasteiger partial charge in [-0.3, -0.25) is 28.9 Å². The fourth-order valence-corrected chi connectivity index (χ4v) is 10.9. The van der Waals surface area contributed by atoms with Gasteiger partial charge in [-0.15, -0.1) is 0 Å². The van der Waals surface area contributed by atoms with Gasteiger partial charge in [0.05, 0.1) is 18.0 Å². The van der Waals surface area contributed by atoms with E-state index in [0.29, 0.717) is 23.7 Å². The Labute approximate surface area is 466 Å². The number of halogens is 1. The highest BCUT2D eigenvalue weighted by Crippen LogP contribution is 2.37. The second-order valence-electron chi connectivity index (χ2n) is 22.1. The molecule has 3 aromatic carbocycles. The second-order valence-corrected chi connectivity index (χ2v) is 22.1. The van der Waals surface area contributed by atoms with Crippen molar-refractivity contribution in [2.75, 3.05) is 95.7 Å². The monoisotopic (exact) mass is 1090 g/mol. The molecular weight excluding hydrogens is 1020 g/mol. The molecule has 3 aliphatic carbocycles. The number of anilines is 6. The SMILES string of the molecule is O=C(NC1CC1)c1ccc(F)cc1.O=C(NC1CC1)c1ccc(N2CCN(Cc3cnc4c(c3)NC(=O)[C@@H]3CCCN43)CC2)cc1.O=C(NC1CC1)c1ccc(N2CCNCC2)cc1.O=C1Nc2cc(CO)cnc2N2CCC[C@@H]12. The predicted molar refractivity (Wildman–Crippen MR) is 306 cm³/mol. The van der Waals surface area contributed by atoms with Crippen LogP contribution in [0.2, 0.25) is 0 Å². The first-order valence-corrected chi connectivity index (χ1v) is 28.6. The molecule has 0 spiro atoms. The Balaban J connectivity index is 0.000000122. The third-order valence-electron chi connectivity index (χ3n) is 15.9. The molecule has 3 saturated carbocycles. The highest BCUT2D eigenvalue weighted by atomic mass is 19.1. The van der Waals surface area contributed by atoms with E-state index in [9.17, 15) is 28.4 Å². The summed E-state index contributed by atoms with van der Waals surface area (Å²) in [6, 6.07) is 26.4. The Morgan fingerprint density at radius 3 is 1.39 bits per heavy atom. The molecular formula is C60H72FN13O6. The van der Waals surface area contributed by atoms with E-state index >= 15 is 0 Å². The number of amides is 5. The first-order valence-electron chi connectivity index (χ1n) is 28.6. The Bertz CT molecular complexity index is 3010. The molecule has 80 heavy (non-hydrogen) atoms. The fourth-order valence-electron chi connectivity index (χ4n) is 10.9. The molecule has 9 aliphatic rings. The number of pyridine rings is 2. The summed E-state index contributed by atoms with van der Waals surface area (Å²) in [6.07, 6.45) is 14.1.